The molecule has 0 saturated carbocycles. The Morgan fingerprint density at radius 2 is 2.03 bits per heavy atom. The smallest absolute Gasteiger partial charge is 0.353 e. The van der Waals surface area contributed by atoms with Crippen LogP contribution in [0.4, 0.5) is 0 Å². The normalized spacial score (nSPS) is 20.8. The number of hydrogen-bond donors (Lipinski definition) is 2. The van der Waals surface area contributed by atoms with Gasteiger partial charge in [-0.1, -0.05) is 46.8 Å². The van der Waals surface area contributed by atoms with Gasteiger partial charge < -0.3 is 15.3 Å². The van der Waals surface area contributed by atoms with E-state index in [9.17, 15) is 19.5 Å². The van der Waals surface area contributed by atoms with E-state index in [-0.39, 0.29) is 11.4 Å². The van der Waals surface area contributed by atoms with Crippen LogP contribution in [-0.4, -0.2) is 68.0 Å². The highest BCUT2D eigenvalue weighted by Crippen LogP contribution is 2.43. The summed E-state index contributed by atoms with van der Waals surface area (Å²) >= 11 is 2.63. The van der Waals surface area contributed by atoms with E-state index in [0.717, 1.165) is 0 Å². The largest absolute Gasteiger partial charge is 0.477 e. The summed E-state index contributed by atoms with van der Waals surface area (Å²) in [4.78, 5) is 43.6. The second-order valence-corrected chi connectivity index (χ2v) is 8.89. The van der Waals surface area contributed by atoms with E-state index in [1.165, 1.54) is 35.1 Å². The Balaban J connectivity index is 1.57. The number of thioether (sulfide) groups is 1. The third-order valence-corrected chi connectivity index (χ3v) is 6.86. The monoisotopic (exact) mass is 459 g/mol. The third kappa shape index (κ3) is 3.79. The van der Waals surface area contributed by atoms with Gasteiger partial charge in [-0.15, -0.1) is 22.0 Å². The Bertz CT molecular complexity index is 1110. The van der Waals surface area contributed by atoms with Crippen LogP contribution < -0.4 is 5.32 Å². The Morgan fingerprint density at radius 3 is 2.65 bits per heavy atom. The maximum Gasteiger partial charge on any atom is 0.353 e. The molecule has 2 atom stereocenters. The second-order valence-electron chi connectivity index (χ2n) is 6.61. The molecule has 0 bridgehead atoms. The fourth-order valence-electron chi connectivity index (χ4n) is 3.32. The van der Waals surface area contributed by atoms with Crippen LogP contribution in [0.5, 0.6) is 0 Å². The summed E-state index contributed by atoms with van der Waals surface area (Å²) in [5.41, 5.74) is 0.878. The molecular formula is C19H17N5O5S2. The van der Waals surface area contributed by atoms with Crippen LogP contribution in [0.2, 0.25) is 0 Å². The Kier molecular flexibility index (Phi) is 5.74. The number of amides is 2. The van der Waals surface area contributed by atoms with Crippen molar-refractivity contribution in [3.63, 3.8) is 0 Å². The van der Waals surface area contributed by atoms with E-state index < -0.39 is 29.2 Å². The predicted octanol–water partition coefficient (Wildman–Crippen LogP) is 1.09. The Hall–Kier alpha value is -3.25. The van der Waals surface area contributed by atoms with Gasteiger partial charge in [-0.3, -0.25) is 14.5 Å². The van der Waals surface area contributed by atoms with Gasteiger partial charge in [0.2, 0.25) is 0 Å². The van der Waals surface area contributed by atoms with Gasteiger partial charge in [0.15, 0.2) is 5.71 Å². The fraction of sp³-hybridized carbons (Fsp3) is 0.263. The highest BCUT2D eigenvalue weighted by atomic mass is 32.2. The highest BCUT2D eigenvalue weighted by Gasteiger charge is 2.54. The average Bonchev–Trinajstić information content (AvgIpc) is 3.21. The van der Waals surface area contributed by atoms with E-state index in [4.69, 9.17) is 4.84 Å². The van der Waals surface area contributed by atoms with Gasteiger partial charge in [0.25, 0.3) is 11.8 Å². The van der Waals surface area contributed by atoms with Crippen molar-refractivity contribution in [2.45, 2.75) is 18.3 Å². The van der Waals surface area contributed by atoms with Crippen molar-refractivity contribution in [2.24, 2.45) is 5.16 Å². The molecule has 1 fully saturated rings. The fourth-order valence-corrected chi connectivity index (χ4v) is 5.50. The maximum absolute atomic E-state index is 12.8. The Labute approximate surface area is 185 Å². The van der Waals surface area contributed by atoms with Gasteiger partial charge in [-0.05, 0) is 6.92 Å². The Morgan fingerprint density at radius 1 is 1.29 bits per heavy atom. The van der Waals surface area contributed by atoms with Crippen LogP contribution in [0, 0.1) is 6.92 Å². The number of nitrogens with one attached hydrogen (secondary N) is 1. The molecule has 1 aromatic carbocycles. The summed E-state index contributed by atoms with van der Waals surface area (Å²) in [6.07, 6.45) is 0. The number of nitrogens with zero attached hydrogens (tertiary/aromatic N) is 4. The molecule has 0 spiro atoms. The molecule has 2 aliphatic heterocycles. The van der Waals surface area contributed by atoms with Crippen LogP contribution in [0.15, 0.2) is 41.2 Å². The molecular weight excluding hydrogens is 442 g/mol. The SMILES string of the molecule is CON=C(C(=O)NC1C(=O)N2C(C(=O)O)=C(c3nnc(C)s3)CS[C@H]12)c1ccccc1. The first-order valence-corrected chi connectivity index (χ1v) is 11.0. The van der Waals surface area contributed by atoms with Crippen LogP contribution in [-0.2, 0) is 19.2 Å². The standard InChI is InChI=1S/C19H17N5O5S2/c1-9-21-22-16(31-9)11-8-30-18-13(17(26)24(18)14(11)19(27)28)20-15(25)12(23-29-2)10-6-4-3-5-7-10/h3-7,13,18H,8H2,1-2H3,(H,20,25)(H,27,28)/t13?,18-/m1/s1. The summed E-state index contributed by atoms with van der Waals surface area (Å²) in [5, 5.41) is 24.8. The first-order valence-electron chi connectivity index (χ1n) is 9.11. The number of carboxylic acids is 1. The molecule has 0 radical (unpaired) electrons. The van der Waals surface area contributed by atoms with Crippen LogP contribution in [0.25, 0.3) is 5.57 Å². The molecule has 0 aliphatic carbocycles. The lowest BCUT2D eigenvalue weighted by molar-refractivity contribution is -0.149. The van der Waals surface area contributed by atoms with E-state index in [2.05, 4.69) is 20.7 Å². The molecule has 12 heteroatoms. The van der Waals surface area contributed by atoms with Gasteiger partial charge in [0, 0.05) is 16.9 Å². The van der Waals surface area contributed by atoms with Gasteiger partial charge in [-0.25, -0.2) is 4.79 Å². The first kappa shape index (κ1) is 21.0. The van der Waals surface area contributed by atoms with Crippen molar-refractivity contribution in [3.8, 4) is 0 Å². The molecule has 1 saturated heterocycles. The number of carbonyl (C=O) groups is 3. The minimum atomic E-state index is -1.22. The zero-order valence-electron chi connectivity index (χ0n) is 16.4. The number of rotatable bonds is 6. The summed E-state index contributed by atoms with van der Waals surface area (Å²) in [6, 6.07) is 7.82. The molecule has 31 heavy (non-hydrogen) atoms. The second kappa shape index (κ2) is 8.47. The zero-order valence-corrected chi connectivity index (χ0v) is 18.1. The van der Waals surface area contributed by atoms with Crippen molar-refractivity contribution in [2.75, 3.05) is 12.9 Å². The molecule has 2 N–H and O–H groups in total. The number of fused-ring (bicyclic) bond motifs is 1. The molecule has 2 aromatic rings. The van der Waals surface area contributed by atoms with Crippen molar-refractivity contribution < 1.29 is 24.3 Å². The number of aryl methyl sites for hydroxylation is 1. The topological polar surface area (TPSA) is 134 Å². The van der Waals surface area contributed by atoms with Crippen LogP contribution in [0.1, 0.15) is 15.6 Å². The first-order chi connectivity index (χ1) is 14.9. The number of oxime groups is 1. The third-order valence-electron chi connectivity index (χ3n) is 4.69. The van der Waals surface area contributed by atoms with Gasteiger partial charge in [0.05, 0.1) is 0 Å². The van der Waals surface area contributed by atoms with Gasteiger partial charge in [0.1, 0.15) is 34.2 Å². The molecule has 2 aliphatic rings. The molecule has 3 heterocycles. The minimum Gasteiger partial charge on any atom is -0.477 e. The maximum atomic E-state index is 12.8. The van der Waals surface area contributed by atoms with Crippen molar-refractivity contribution in [3.05, 3.63) is 51.6 Å². The summed E-state index contributed by atoms with van der Waals surface area (Å²) in [6.45, 7) is 1.77. The summed E-state index contributed by atoms with van der Waals surface area (Å²) in [5.74, 6) is -1.99. The van der Waals surface area contributed by atoms with Gasteiger partial charge in [-0.2, -0.15) is 0 Å². The van der Waals surface area contributed by atoms with E-state index in [1.807, 2.05) is 0 Å². The molecule has 1 aromatic heterocycles. The average molecular weight is 460 g/mol. The highest BCUT2D eigenvalue weighted by molar-refractivity contribution is 8.00. The van der Waals surface area contributed by atoms with E-state index in [0.29, 0.717) is 26.9 Å². The number of β-lactam (4-membered cyclic amide) rings is 1. The lowest BCUT2D eigenvalue weighted by atomic mass is 10.0. The number of hydrogen-bond acceptors (Lipinski definition) is 9. The number of benzene rings is 1. The lowest BCUT2D eigenvalue weighted by Crippen LogP contribution is -2.71. The van der Waals surface area contributed by atoms with E-state index in [1.54, 1.807) is 37.3 Å². The quantitative estimate of drug-likeness (QED) is 0.373. The summed E-state index contributed by atoms with van der Waals surface area (Å²) in [7, 11) is 1.32. The molecule has 10 nitrogen and oxygen atoms in total. The number of aromatic nitrogens is 2. The van der Waals surface area contributed by atoms with E-state index >= 15 is 0 Å². The van der Waals surface area contributed by atoms with Crippen molar-refractivity contribution in [1.29, 1.82) is 0 Å². The number of carbonyl (C=O) groups excluding carboxylic acids is 2. The number of carboxylic acid groups (broad SMARTS) is 1. The zero-order chi connectivity index (χ0) is 22.1. The van der Waals surface area contributed by atoms with Crippen molar-refractivity contribution in [1.82, 2.24) is 20.4 Å². The summed E-state index contributed by atoms with van der Waals surface area (Å²) < 4.78 is 0. The molecule has 4 rings (SSSR count). The molecule has 160 valence electrons. The number of aliphatic carboxylic acids is 1. The minimum absolute atomic E-state index is 0.0224. The molecule has 1 unspecified atom stereocenters. The molecule has 2 amide bonds. The predicted molar refractivity (Wildman–Crippen MR) is 114 cm³/mol. The van der Waals surface area contributed by atoms with Crippen LogP contribution >= 0.6 is 23.1 Å². The van der Waals surface area contributed by atoms with Gasteiger partial charge >= 0.3 is 5.97 Å². The van der Waals surface area contributed by atoms with Crippen LogP contribution in [0.3, 0.4) is 0 Å². The lowest BCUT2D eigenvalue weighted by Gasteiger charge is -2.49. The van der Waals surface area contributed by atoms with Crippen molar-refractivity contribution >= 4 is 52.2 Å².